The molecular formula is C27H23N3O3S. The number of aromatic nitrogens is 3. The maximum Gasteiger partial charge on any atom is 0.200 e. The van der Waals surface area contributed by atoms with Crippen LogP contribution in [0.2, 0.25) is 0 Å². The van der Waals surface area contributed by atoms with Crippen LogP contribution in [0.25, 0.3) is 39.0 Å². The molecule has 0 bridgehead atoms. The molecule has 1 aromatic heterocycles. The van der Waals surface area contributed by atoms with E-state index in [9.17, 15) is 0 Å². The average molecular weight is 470 g/mol. The zero-order valence-electron chi connectivity index (χ0n) is 19.0. The van der Waals surface area contributed by atoms with Gasteiger partial charge in [0.05, 0.1) is 32.6 Å². The van der Waals surface area contributed by atoms with Gasteiger partial charge in [0.2, 0.25) is 0 Å². The molecule has 0 atom stereocenters. The van der Waals surface area contributed by atoms with Gasteiger partial charge >= 0.3 is 0 Å². The van der Waals surface area contributed by atoms with Gasteiger partial charge in [-0.25, -0.2) is 0 Å². The second-order valence-corrected chi connectivity index (χ2v) is 8.00. The summed E-state index contributed by atoms with van der Waals surface area (Å²) in [6, 6.07) is 26.1. The Morgan fingerprint density at radius 2 is 1.44 bits per heavy atom. The molecular weight excluding hydrogens is 446 g/mol. The number of ether oxygens (including phenoxy) is 3. The number of rotatable bonds is 6. The van der Waals surface area contributed by atoms with Gasteiger partial charge in [0, 0.05) is 11.5 Å². The van der Waals surface area contributed by atoms with Gasteiger partial charge in [-0.05, 0) is 29.2 Å². The predicted molar refractivity (Wildman–Crippen MR) is 137 cm³/mol. The van der Waals surface area contributed by atoms with Crippen molar-refractivity contribution in [3.05, 3.63) is 83.6 Å². The van der Waals surface area contributed by atoms with Crippen LogP contribution in [0.5, 0.6) is 17.2 Å². The number of fused-ring (bicyclic) bond motifs is 1. The third-order valence-electron chi connectivity index (χ3n) is 5.82. The minimum absolute atomic E-state index is 0.465. The zero-order chi connectivity index (χ0) is 23.7. The summed E-state index contributed by atoms with van der Waals surface area (Å²) in [6.07, 6.45) is 0. The first-order valence-corrected chi connectivity index (χ1v) is 11.1. The molecule has 5 rings (SSSR count). The summed E-state index contributed by atoms with van der Waals surface area (Å²) in [5, 5.41) is 9.74. The SMILES string of the molecule is COc1cc(OC)c(-c2n[nH]c(=S)n2-c2cccc3ccccc23)c(OC)c1-c1ccccc1. The molecule has 5 aromatic rings. The summed E-state index contributed by atoms with van der Waals surface area (Å²) in [4.78, 5) is 0. The summed E-state index contributed by atoms with van der Waals surface area (Å²) in [6.45, 7) is 0. The lowest BCUT2D eigenvalue weighted by molar-refractivity contribution is 0.379. The summed E-state index contributed by atoms with van der Waals surface area (Å²) in [7, 11) is 4.88. The molecule has 0 saturated heterocycles. The van der Waals surface area contributed by atoms with E-state index in [1.54, 1.807) is 21.3 Å². The number of H-pyrrole nitrogens is 1. The van der Waals surface area contributed by atoms with Crippen molar-refractivity contribution < 1.29 is 14.2 Å². The molecule has 7 heteroatoms. The van der Waals surface area contributed by atoms with Crippen LogP contribution in [0, 0.1) is 4.77 Å². The number of aromatic amines is 1. The molecule has 0 aliphatic carbocycles. The molecule has 0 amide bonds. The Kier molecular flexibility index (Phi) is 5.77. The van der Waals surface area contributed by atoms with Crippen molar-refractivity contribution >= 4 is 23.0 Å². The Hall–Kier alpha value is -4.10. The van der Waals surface area contributed by atoms with E-state index >= 15 is 0 Å². The van der Waals surface area contributed by atoms with Crippen molar-refractivity contribution in [2.45, 2.75) is 0 Å². The Balaban J connectivity index is 1.87. The topological polar surface area (TPSA) is 61.3 Å². The number of methoxy groups -OCH3 is 3. The normalized spacial score (nSPS) is 10.9. The van der Waals surface area contributed by atoms with Crippen LogP contribution in [-0.4, -0.2) is 36.1 Å². The molecule has 4 aromatic carbocycles. The van der Waals surface area contributed by atoms with Gasteiger partial charge in [0.15, 0.2) is 10.6 Å². The number of hydrogen-bond acceptors (Lipinski definition) is 5. The smallest absolute Gasteiger partial charge is 0.200 e. The maximum atomic E-state index is 6.00. The summed E-state index contributed by atoms with van der Waals surface area (Å²) in [5.74, 6) is 2.35. The monoisotopic (exact) mass is 469 g/mol. The average Bonchev–Trinajstić information content (AvgIpc) is 3.27. The summed E-state index contributed by atoms with van der Waals surface area (Å²) < 4.78 is 19.9. The Morgan fingerprint density at radius 3 is 2.18 bits per heavy atom. The number of hydrogen-bond donors (Lipinski definition) is 1. The highest BCUT2D eigenvalue weighted by molar-refractivity contribution is 7.71. The molecule has 34 heavy (non-hydrogen) atoms. The van der Waals surface area contributed by atoms with E-state index in [4.69, 9.17) is 26.4 Å². The largest absolute Gasteiger partial charge is 0.496 e. The molecule has 0 radical (unpaired) electrons. The fraction of sp³-hybridized carbons (Fsp3) is 0.111. The van der Waals surface area contributed by atoms with Gasteiger partial charge in [0.25, 0.3) is 0 Å². The van der Waals surface area contributed by atoms with Crippen molar-refractivity contribution in [3.63, 3.8) is 0 Å². The van der Waals surface area contributed by atoms with E-state index < -0.39 is 0 Å². The van der Waals surface area contributed by atoms with Gasteiger partial charge in [-0.15, -0.1) is 0 Å². The molecule has 1 heterocycles. The Morgan fingerprint density at radius 1 is 0.765 bits per heavy atom. The van der Waals surface area contributed by atoms with Gasteiger partial charge in [0.1, 0.15) is 22.8 Å². The summed E-state index contributed by atoms with van der Waals surface area (Å²) in [5.41, 5.74) is 3.34. The minimum Gasteiger partial charge on any atom is -0.496 e. The molecule has 6 nitrogen and oxygen atoms in total. The van der Waals surface area contributed by atoms with Gasteiger partial charge in [-0.1, -0.05) is 66.7 Å². The van der Waals surface area contributed by atoms with E-state index in [1.165, 1.54) is 0 Å². The van der Waals surface area contributed by atoms with Crippen LogP contribution in [0.15, 0.2) is 78.9 Å². The van der Waals surface area contributed by atoms with E-state index in [-0.39, 0.29) is 0 Å². The fourth-order valence-corrected chi connectivity index (χ4v) is 4.55. The van der Waals surface area contributed by atoms with Crippen molar-refractivity contribution in [2.24, 2.45) is 0 Å². The van der Waals surface area contributed by atoms with E-state index in [2.05, 4.69) is 28.4 Å². The molecule has 0 aliphatic rings. The van der Waals surface area contributed by atoms with Crippen molar-refractivity contribution in [1.29, 1.82) is 0 Å². The Bertz CT molecular complexity index is 1540. The highest BCUT2D eigenvalue weighted by Gasteiger charge is 2.27. The van der Waals surface area contributed by atoms with Crippen molar-refractivity contribution in [1.82, 2.24) is 14.8 Å². The lowest BCUT2D eigenvalue weighted by Crippen LogP contribution is -2.04. The lowest BCUT2D eigenvalue weighted by atomic mass is 9.98. The van der Waals surface area contributed by atoms with E-state index in [0.717, 1.165) is 27.6 Å². The van der Waals surface area contributed by atoms with E-state index in [0.29, 0.717) is 33.4 Å². The highest BCUT2D eigenvalue weighted by Crippen LogP contribution is 2.50. The minimum atomic E-state index is 0.465. The number of nitrogens with zero attached hydrogens (tertiary/aromatic N) is 2. The standard InChI is InChI=1S/C27H23N3O3S/c1-31-21-16-22(32-2)24(25(33-3)23(21)18-11-5-4-6-12-18)26-28-29-27(34)30(26)20-15-9-13-17-10-7-8-14-19(17)20/h4-16H,1-3H3,(H,29,34). The van der Waals surface area contributed by atoms with Crippen molar-refractivity contribution in [3.8, 4) is 45.5 Å². The molecule has 0 aliphatic heterocycles. The van der Waals surface area contributed by atoms with Crippen LogP contribution < -0.4 is 14.2 Å². The van der Waals surface area contributed by atoms with Gasteiger partial charge < -0.3 is 14.2 Å². The van der Waals surface area contributed by atoms with Gasteiger partial charge in [-0.3, -0.25) is 9.67 Å². The molecule has 0 spiro atoms. The third-order valence-corrected chi connectivity index (χ3v) is 6.09. The molecule has 0 fully saturated rings. The molecule has 170 valence electrons. The molecule has 0 saturated carbocycles. The van der Waals surface area contributed by atoms with Crippen LogP contribution in [0.4, 0.5) is 0 Å². The lowest BCUT2D eigenvalue weighted by Gasteiger charge is -2.20. The second-order valence-electron chi connectivity index (χ2n) is 7.62. The van der Waals surface area contributed by atoms with Crippen LogP contribution >= 0.6 is 12.2 Å². The maximum absolute atomic E-state index is 6.00. The highest BCUT2D eigenvalue weighted by atomic mass is 32.1. The van der Waals surface area contributed by atoms with Crippen molar-refractivity contribution in [2.75, 3.05) is 21.3 Å². The quantitative estimate of drug-likeness (QED) is 0.290. The second kappa shape index (κ2) is 9.03. The predicted octanol–water partition coefficient (Wildman–Crippen LogP) is 6.44. The zero-order valence-corrected chi connectivity index (χ0v) is 19.8. The first-order valence-electron chi connectivity index (χ1n) is 10.7. The molecule has 1 N–H and O–H groups in total. The van der Waals surface area contributed by atoms with Crippen LogP contribution in [0.1, 0.15) is 0 Å². The third kappa shape index (κ3) is 3.50. The fourth-order valence-electron chi connectivity index (χ4n) is 4.32. The first-order chi connectivity index (χ1) is 16.7. The Labute approximate surface area is 202 Å². The summed E-state index contributed by atoms with van der Waals surface area (Å²) >= 11 is 5.69. The van der Waals surface area contributed by atoms with E-state index in [1.807, 2.05) is 65.2 Å². The van der Waals surface area contributed by atoms with Crippen LogP contribution in [-0.2, 0) is 0 Å². The molecule has 0 unspecified atom stereocenters. The number of benzene rings is 4. The van der Waals surface area contributed by atoms with Gasteiger partial charge in [-0.2, -0.15) is 5.10 Å². The van der Waals surface area contributed by atoms with Crippen LogP contribution in [0.3, 0.4) is 0 Å². The first kappa shape index (κ1) is 21.7. The number of nitrogens with one attached hydrogen (secondary N) is 1.